The molecule has 0 amide bonds. The molecule has 0 saturated carbocycles. The van der Waals surface area contributed by atoms with Crippen LogP contribution in [0.2, 0.25) is 0 Å². The molecule has 0 aliphatic rings. The van der Waals surface area contributed by atoms with Crippen molar-refractivity contribution in [1.82, 2.24) is 0 Å². The molecule has 2 rings (SSSR count). The van der Waals surface area contributed by atoms with Gasteiger partial charge in [0.25, 0.3) is 0 Å². The molecule has 3 N–H and O–H groups in total. The van der Waals surface area contributed by atoms with Crippen LogP contribution in [-0.4, -0.2) is 48.9 Å². The van der Waals surface area contributed by atoms with Crippen LogP contribution in [0.25, 0.3) is 0 Å². The van der Waals surface area contributed by atoms with Crippen molar-refractivity contribution in [3.63, 3.8) is 0 Å². The first-order valence-electron chi connectivity index (χ1n) is 9.24. The summed E-state index contributed by atoms with van der Waals surface area (Å²) in [7, 11) is 6.59. The van der Waals surface area contributed by atoms with Crippen molar-refractivity contribution >= 4 is 11.3 Å². The molecular weight excluding hydrogens is 410 g/mol. The van der Waals surface area contributed by atoms with E-state index in [0.717, 1.165) is 47.0 Å². The van der Waals surface area contributed by atoms with E-state index in [0.29, 0.717) is 6.42 Å². The smallest absolute Gasteiger partial charge is 0.125 e. The van der Waals surface area contributed by atoms with E-state index < -0.39 is 11.3 Å². The highest BCUT2D eigenvalue weighted by atomic mass is 32.2. The van der Waals surface area contributed by atoms with Crippen molar-refractivity contribution in [3.05, 3.63) is 47.5 Å². The Morgan fingerprint density at radius 1 is 0.900 bits per heavy atom. The van der Waals surface area contributed by atoms with Crippen LogP contribution < -0.4 is 24.1 Å². The molecule has 0 aliphatic carbocycles. The van der Waals surface area contributed by atoms with Crippen molar-refractivity contribution in [2.75, 3.05) is 35.0 Å². The highest BCUT2D eigenvalue weighted by Crippen LogP contribution is 2.31. The van der Waals surface area contributed by atoms with Gasteiger partial charge in [-0.25, -0.2) is 0 Å². The summed E-state index contributed by atoms with van der Waals surface area (Å²) < 4.78 is 39.1. The van der Waals surface area contributed by atoms with Crippen LogP contribution in [0.15, 0.2) is 36.4 Å². The zero-order valence-corrected chi connectivity index (χ0v) is 18.6. The third-order valence-corrected chi connectivity index (χ3v) is 4.54. The summed E-state index contributed by atoms with van der Waals surface area (Å²) in [5.74, 6) is 3.38. The van der Waals surface area contributed by atoms with Crippen molar-refractivity contribution in [2.45, 2.75) is 19.3 Å². The molecule has 30 heavy (non-hydrogen) atoms. The second-order valence-corrected chi connectivity index (χ2v) is 6.92. The third kappa shape index (κ3) is 8.58. The lowest BCUT2D eigenvalue weighted by atomic mass is 9.89. The van der Waals surface area contributed by atoms with Gasteiger partial charge in [0.05, 0.1) is 28.4 Å². The van der Waals surface area contributed by atoms with Gasteiger partial charge in [-0.05, 0) is 48.4 Å². The molecule has 8 nitrogen and oxygen atoms in total. The highest BCUT2D eigenvalue weighted by Gasteiger charge is 2.17. The fourth-order valence-corrected chi connectivity index (χ4v) is 3.12. The minimum absolute atomic E-state index is 0.140. The fraction of sp³-hybridized carbons (Fsp3) is 0.429. The van der Waals surface area contributed by atoms with Crippen molar-refractivity contribution in [2.24, 2.45) is 11.1 Å². The highest BCUT2D eigenvalue weighted by molar-refractivity contribution is 7.76. The van der Waals surface area contributed by atoms with Gasteiger partial charge < -0.3 is 28.6 Å². The van der Waals surface area contributed by atoms with Crippen LogP contribution in [0.4, 0.5) is 0 Å². The Bertz CT molecular complexity index is 739. The first-order chi connectivity index (χ1) is 14.4. The summed E-state index contributed by atoms with van der Waals surface area (Å²) >= 11 is -2.36. The summed E-state index contributed by atoms with van der Waals surface area (Å²) in [5.41, 5.74) is 2.19. The van der Waals surface area contributed by atoms with E-state index in [9.17, 15) is 5.11 Å². The van der Waals surface area contributed by atoms with E-state index in [4.69, 9.17) is 27.7 Å². The Morgan fingerprint density at radius 3 is 1.60 bits per heavy atom. The normalized spacial score (nSPS) is 11.3. The molecule has 2 aromatic carbocycles. The molecule has 0 radical (unpaired) electrons. The lowest BCUT2D eigenvalue weighted by Gasteiger charge is -2.20. The topological polar surface area (TPSA) is 123 Å². The second-order valence-electron chi connectivity index (χ2n) is 6.40. The van der Waals surface area contributed by atoms with Crippen molar-refractivity contribution in [3.8, 4) is 23.0 Å². The van der Waals surface area contributed by atoms with Gasteiger partial charge in [0, 0.05) is 30.0 Å². The first-order valence-corrected chi connectivity index (χ1v) is 10.4. The molecule has 168 valence electrons. The van der Waals surface area contributed by atoms with E-state index in [1.807, 2.05) is 36.4 Å². The van der Waals surface area contributed by atoms with E-state index in [1.54, 1.807) is 28.4 Å². The number of rotatable bonds is 10. The molecule has 0 aliphatic heterocycles. The first kappa shape index (κ1) is 25.7. The predicted octanol–water partition coefficient (Wildman–Crippen LogP) is 2.24. The monoisotopic (exact) mass is 440 g/mol. The number of benzene rings is 2. The lowest BCUT2D eigenvalue weighted by molar-refractivity contribution is 0.254. The number of nitrogens with two attached hydrogens (primary N) is 1. The third-order valence-electron chi connectivity index (χ3n) is 4.54. The maximum absolute atomic E-state index is 9.51. The maximum Gasteiger partial charge on any atom is 0.125 e. The number of methoxy groups -OCH3 is 4. The number of ether oxygens (including phenoxy) is 4. The Kier molecular flexibility index (Phi) is 11.8. The van der Waals surface area contributed by atoms with Crippen LogP contribution in [0.3, 0.4) is 0 Å². The van der Waals surface area contributed by atoms with E-state index in [-0.39, 0.29) is 12.5 Å². The Hall–Kier alpha value is -2.33. The van der Waals surface area contributed by atoms with E-state index >= 15 is 0 Å². The summed E-state index contributed by atoms with van der Waals surface area (Å²) in [6.07, 6.45) is 2.29. The molecule has 0 fully saturated rings. The predicted molar refractivity (Wildman–Crippen MR) is 115 cm³/mol. The van der Waals surface area contributed by atoms with Crippen LogP contribution >= 0.6 is 0 Å². The molecule has 9 heteroatoms. The molecule has 0 spiro atoms. The SMILES string of the molecule is COc1ccc(CC(CCO)Cc2ccc(OC)cc2OC)c(OC)c1.NS(=O)[O-]. The van der Waals surface area contributed by atoms with Crippen LogP contribution in [-0.2, 0) is 24.1 Å². The molecule has 0 saturated heterocycles. The Labute approximate surface area is 180 Å². The van der Waals surface area contributed by atoms with Gasteiger partial charge in [-0.1, -0.05) is 12.1 Å². The Balaban J connectivity index is 0.00000103. The van der Waals surface area contributed by atoms with Crippen molar-refractivity contribution in [1.29, 1.82) is 0 Å². The van der Waals surface area contributed by atoms with Crippen LogP contribution in [0.1, 0.15) is 17.5 Å². The summed E-state index contributed by atoms with van der Waals surface area (Å²) in [5, 5.41) is 13.5. The molecular formula is C21H30NO7S-. The van der Waals surface area contributed by atoms with E-state index in [1.165, 1.54) is 0 Å². The van der Waals surface area contributed by atoms with Gasteiger partial charge in [0.2, 0.25) is 0 Å². The quantitative estimate of drug-likeness (QED) is 0.543. The largest absolute Gasteiger partial charge is 0.760 e. The molecule has 1 atom stereocenters. The molecule has 0 bridgehead atoms. The van der Waals surface area contributed by atoms with Gasteiger partial charge in [-0.15, -0.1) is 0 Å². The van der Waals surface area contributed by atoms with Gasteiger partial charge in [-0.2, -0.15) is 0 Å². The van der Waals surface area contributed by atoms with Crippen molar-refractivity contribution < 1.29 is 32.8 Å². The fourth-order valence-electron chi connectivity index (χ4n) is 3.12. The van der Waals surface area contributed by atoms with Crippen LogP contribution in [0.5, 0.6) is 23.0 Å². The van der Waals surface area contributed by atoms with Crippen LogP contribution in [0, 0.1) is 5.92 Å². The second kappa shape index (κ2) is 13.8. The van der Waals surface area contributed by atoms with E-state index in [2.05, 4.69) is 5.14 Å². The zero-order valence-electron chi connectivity index (χ0n) is 17.8. The summed E-state index contributed by atoms with van der Waals surface area (Å²) in [4.78, 5) is 0. The minimum Gasteiger partial charge on any atom is -0.760 e. The zero-order chi connectivity index (χ0) is 22.5. The van der Waals surface area contributed by atoms with Gasteiger partial charge >= 0.3 is 0 Å². The average molecular weight is 441 g/mol. The average Bonchev–Trinajstić information content (AvgIpc) is 2.74. The lowest BCUT2D eigenvalue weighted by Crippen LogP contribution is -2.12. The maximum atomic E-state index is 9.51. The molecule has 1 unspecified atom stereocenters. The standard InChI is InChI=1S/C21H28O5.H3NO2S/c1-23-18-7-5-16(20(13-18)25-3)11-15(9-10-22)12-17-6-8-19(24-2)14-21(17)26-4;1-4(2)3/h5-8,13-15,22H,9-12H2,1-4H3;1H2,(H,2,3)/p-1. The molecule has 0 heterocycles. The van der Waals surface area contributed by atoms with Gasteiger partial charge in [-0.3, -0.25) is 9.35 Å². The summed E-state index contributed by atoms with van der Waals surface area (Å²) in [6.45, 7) is 0.140. The number of aliphatic hydroxyl groups is 1. The molecule has 0 aromatic heterocycles. The number of aliphatic hydroxyl groups excluding tert-OH is 1. The molecule has 2 aromatic rings. The van der Waals surface area contributed by atoms with Gasteiger partial charge in [0.15, 0.2) is 0 Å². The number of hydrogen-bond acceptors (Lipinski definition) is 7. The Morgan fingerprint density at radius 2 is 1.30 bits per heavy atom. The minimum atomic E-state index is -2.36. The summed E-state index contributed by atoms with van der Waals surface area (Å²) in [6, 6.07) is 11.7. The van der Waals surface area contributed by atoms with Gasteiger partial charge in [0.1, 0.15) is 23.0 Å². The number of hydrogen-bond donors (Lipinski definition) is 2.